The summed E-state index contributed by atoms with van der Waals surface area (Å²) in [7, 11) is 1.82. The van der Waals surface area contributed by atoms with Gasteiger partial charge < -0.3 is 15.0 Å². The van der Waals surface area contributed by atoms with E-state index in [4.69, 9.17) is 4.74 Å². The van der Waals surface area contributed by atoms with Gasteiger partial charge in [0.2, 0.25) is 0 Å². The van der Waals surface area contributed by atoms with Crippen molar-refractivity contribution in [2.45, 2.75) is 52.1 Å². The van der Waals surface area contributed by atoms with Crippen LogP contribution >= 0.6 is 0 Å². The van der Waals surface area contributed by atoms with Gasteiger partial charge in [0.1, 0.15) is 5.60 Å². The summed E-state index contributed by atoms with van der Waals surface area (Å²) in [4.78, 5) is 13.5. The number of rotatable bonds is 3. The number of nitrogens with one attached hydrogen (secondary N) is 1. The van der Waals surface area contributed by atoms with Crippen LogP contribution in [0.15, 0.2) is 0 Å². The van der Waals surface area contributed by atoms with Gasteiger partial charge in [0.25, 0.3) is 0 Å². The van der Waals surface area contributed by atoms with Crippen molar-refractivity contribution in [1.29, 1.82) is 0 Å². The van der Waals surface area contributed by atoms with Crippen LogP contribution in [-0.4, -0.2) is 43.3 Å². The quantitative estimate of drug-likeness (QED) is 0.844. The van der Waals surface area contributed by atoms with E-state index in [9.17, 15) is 4.79 Å². The molecule has 0 radical (unpaired) electrons. The van der Waals surface area contributed by atoms with Crippen LogP contribution in [0.25, 0.3) is 0 Å². The van der Waals surface area contributed by atoms with E-state index in [0.29, 0.717) is 0 Å². The monoisotopic (exact) mass is 256 g/mol. The van der Waals surface area contributed by atoms with Crippen LogP contribution in [0.1, 0.15) is 46.5 Å². The first-order valence-electron chi connectivity index (χ1n) is 7.03. The second-order valence-electron chi connectivity index (χ2n) is 6.24. The molecule has 1 saturated heterocycles. The highest BCUT2D eigenvalue weighted by atomic mass is 16.6. The third-order valence-electron chi connectivity index (χ3n) is 3.27. The summed E-state index contributed by atoms with van der Waals surface area (Å²) in [5.74, 6) is 0.741. The number of carbonyl (C=O) groups is 1. The molecule has 1 unspecified atom stereocenters. The molecule has 1 rings (SSSR count). The molecular weight excluding hydrogens is 228 g/mol. The molecule has 1 N–H and O–H groups in total. The molecule has 0 aromatic carbocycles. The summed E-state index contributed by atoms with van der Waals surface area (Å²) in [6.07, 6.45) is 4.62. The van der Waals surface area contributed by atoms with Crippen molar-refractivity contribution in [3.63, 3.8) is 0 Å². The van der Waals surface area contributed by atoms with Crippen LogP contribution < -0.4 is 5.32 Å². The highest BCUT2D eigenvalue weighted by molar-refractivity contribution is 5.67. The molecule has 1 amide bonds. The molecule has 1 atom stereocenters. The van der Waals surface area contributed by atoms with Crippen LogP contribution in [0, 0.1) is 5.92 Å². The van der Waals surface area contributed by atoms with E-state index in [1.165, 1.54) is 19.3 Å². The Balaban J connectivity index is 2.26. The van der Waals surface area contributed by atoms with Crippen molar-refractivity contribution in [2.24, 2.45) is 5.92 Å². The largest absolute Gasteiger partial charge is 0.444 e. The molecular formula is C14H28N2O2. The predicted molar refractivity (Wildman–Crippen MR) is 73.7 cm³/mol. The lowest BCUT2D eigenvalue weighted by Gasteiger charge is -2.25. The Morgan fingerprint density at radius 1 is 1.33 bits per heavy atom. The van der Waals surface area contributed by atoms with Gasteiger partial charge in [-0.1, -0.05) is 0 Å². The maximum atomic E-state index is 11.8. The van der Waals surface area contributed by atoms with Crippen molar-refractivity contribution in [1.82, 2.24) is 10.2 Å². The number of carbonyl (C=O) groups excluding carboxylic acids is 1. The van der Waals surface area contributed by atoms with Crippen molar-refractivity contribution in [3.8, 4) is 0 Å². The molecule has 1 fully saturated rings. The second-order valence-corrected chi connectivity index (χ2v) is 6.24. The molecule has 0 aliphatic carbocycles. The average Bonchev–Trinajstić information content (AvgIpc) is 2.51. The summed E-state index contributed by atoms with van der Waals surface area (Å²) < 4.78 is 5.34. The Hall–Kier alpha value is -0.770. The van der Waals surface area contributed by atoms with Gasteiger partial charge in [-0.3, -0.25) is 0 Å². The van der Waals surface area contributed by atoms with Crippen LogP contribution in [0.5, 0.6) is 0 Å². The van der Waals surface area contributed by atoms with Crippen molar-refractivity contribution in [2.75, 3.05) is 26.7 Å². The smallest absolute Gasteiger partial charge is 0.410 e. The standard InChI is InChI=1S/C14H28N2O2/c1-14(2,3)18-13(17)16(4)11-8-12-6-5-9-15-10-7-12/h12,15H,5-11H2,1-4H3. The SMILES string of the molecule is CN(CCC1CCCNCC1)C(=O)OC(C)(C)C. The number of hydrogen-bond donors (Lipinski definition) is 1. The molecule has 0 aromatic rings. The summed E-state index contributed by atoms with van der Waals surface area (Å²) in [6.45, 7) is 8.74. The van der Waals surface area contributed by atoms with Crippen LogP contribution in [0.4, 0.5) is 4.79 Å². The minimum absolute atomic E-state index is 0.214. The first kappa shape index (κ1) is 15.3. The van der Waals surface area contributed by atoms with Crippen LogP contribution in [-0.2, 0) is 4.74 Å². The lowest BCUT2D eigenvalue weighted by atomic mass is 9.97. The van der Waals surface area contributed by atoms with Gasteiger partial charge in [0.15, 0.2) is 0 Å². The minimum atomic E-state index is -0.405. The number of nitrogens with zero attached hydrogens (tertiary/aromatic N) is 1. The van der Waals surface area contributed by atoms with Gasteiger partial charge in [-0.2, -0.15) is 0 Å². The lowest BCUT2D eigenvalue weighted by molar-refractivity contribution is 0.0289. The average molecular weight is 256 g/mol. The fraction of sp³-hybridized carbons (Fsp3) is 0.929. The normalized spacial score (nSPS) is 21.2. The topological polar surface area (TPSA) is 41.6 Å². The van der Waals surface area contributed by atoms with E-state index in [0.717, 1.165) is 32.0 Å². The maximum absolute atomic E-state index is 11.8. The highest BCUT2D eigenvalue weighted by Crippen LogP contribution is 2.18. The maximum Gasteiger partial charge on any atom is 0.410 e. The molecule has 106 valence electrons. The number of amides is 1. The molecule has 0 spiro atoms. The fourth-order valence-corrected chi connectivity index (χ4v) is 2.19. The lowest BCUT2D eigenvalue weighted by Crippen LogP contribution is -2.35. The zero-order valence-corrected chi connectivity index (χ0v) is 12.3. The van der Waals surface area contributed by atoms with Crippen molar-refractivity contribution < 1.29 is 9.53 Å². The van der Waals surface area contributed by atoms with Gasteiger partial charge in [-0.25, -0.2) is 4.79 Å². The Morgan fingerprint density at radius 3 is 2.72 bits per heavy atom. The van der Waals surface area contributed by atoms with E-state index in [-0.39, 0.29) is 6.09 Å². The highest BCUT2D eigenvalue weighted by Gasteiger charge is 2.20. The molecule has 1 aliphatic rings. The molecule has 1 heterocycles. The zero-order valence-electron chi connectivity index (χ0n) is 12.3. The van der Waals surface area contributed by atoms with Crippen LogP contribution in [0.2, 0.25) is 0 Å². The Kier molecular flexibility index (Phi) is 5.93. The Bertz CT molecular complexity index is 253. The zero-order chi connectivity index (χ0) is 13.6. The predicted octanol–water partition coefficient (Wildman–Crippen LogP) is 2.63. The molecule has 18 heavy (non-hydrogen) atoms. The van der Waals surface area contributed by atoms with Gasteiger partial charge in [-0.05, 0) is 65.5 Å². The molecule has 0 bridgehead atoms. The van der Waals surface area contributed by atoms with E-state index in [2.05, 4.69) is 5.32 Å². The number of ether oxygens (including phenoxy) is 1. The first-order chi connectivity index (χ1) is 8.38. The van der Waals surface area contributed by atoms with Crippen LogP contribution in [0.3, 0.4) is 0 Å². The first-order valence-corrected chi connectivity index (χ1v) is 7.03. The third kappa shape index (κ3) is 6.24. The minimum Gasteiger partial charge on any atom is -0.444 e. The second kappa shape index (κ2) is 6.98. The Morgan fingerprint density at radius 2 is 2.06 bits per heavy atom. The molecule has 1 aliphatic heterocycles. The molecule has 4 heteroatoms. The van der Waals surface area contributed by atoms with Crippen molar-refractivity contribution in [3.05, 3.63) is 0 Å². The molecule has 0 saturated carbocycles. The molecule has 0 aromatic heterocycles. The van der Waals surface area contributed by atoms with Gasteiger partial charge in [-0.15, -0.1) is 0 Å². The molecule has 4 nitrogen and oxygen atoms in total. The van der Waals surface area contributed by atoms with E-state index in [1.54, 1.807) is 4.90 Å². The summed E-state index contributed by atoms with van der Waals surface area (Å²) >= 11 is 0. The third-order valence-corrected chi connectivity index (χ3v) is 3.27. The Labute approximate surface area is 111 Å². The van der Waals surface area contributed by atoms with E-state index >= 15 is 0 Å². The van der Waals surface area contributed by atoms with E-state index in [1.807, 2.05) is 27.8 Å². The van der Waals surface area contributed by atoms with Crippen molar-refractivity contribution >= 4 is 6.09 Å². The van der Waals surface area contributed by atoms with Gasteiger partial charge >= 0.3 is 6.09 Å². The summed E-state index contributed by atoms with van der Waals surface area (Å²) in [6, 6.07) is 0. The number of hydrogen-bond acceptors (Lipinski definition) is 3. The van der Waals surface area contributed by atoms with E-state index < -0.39 is 5.60 Å². The van der Waals surface area contributed by atoms with Gasteiger partial charge in [0.05, 0.1) is 0 Å². The summed E-state index contributed by atoms with van der Waals surface area (Å²) in [5, 5.41) is 3.41. The summed E-state index contributed by atoms with van der Waals surface area (Å²) in [5.41, 5.74) is -0.405. The fourth-order valence-electron chi connectivity index (χ4n) is 2.19. The van der Waals surface area contributed by atoms with Gasteiger partial charge in [0, 0.05) is 13.6 Å².